The van der Waals surface area contributed by atoms with Crippen molar-refractivity contribution in [3.8, 4) is 0 Å². The summed E-state index contributed by atoms with van der Waals surface area (Å²) in [4.78, 5) is 21.2. The molecule has 0 radical (unpaired) electrons. The van der Waals surface area contributed by atoms with E-state index in [2.05, 4.69) is 13.5 Å². The molecular formula is C13H20O3. The number of aldehydes is 1. The van der Waals surface area contributed by atoms with E-state index in [0.717, 1.165) is 32.0 Å². The molecule has 90 valence electrons. The predicted molar refractivity (Wildman–Crippen MR) is 64.3 cm³/mol. The average molecular weight is 224 g/mol. The molecule has 0 atom stereocenters. The zero-order valence-electron chi connectivity index (χ0n) is 9.87. The molecule has 0 aromatic rings. The summed E-state index contributed by atoms with van der Waals surface area (Å²) < 4.78 is 0. The molecule has 0 rings (SSSR count). The van der Waals surface area contributed by atoms with Crippen LogP contribution in [0.5, 0.6) is 0 Å². The number of carboxylic acid groups (broad SMARTS) is 1. The van der Waals surface area contributed by atoms with Crippen molar-refractivity contribution in [3.05, 3.63) is 23.8 Å². The lowest BCUT2D eigenvalue weighted by Crippen LogP contribution is -1.98. The monoisotopic (exact) mass is 224 g/mol. The summed E-state index contributed by atoms with van der Waals surface area (Å²) >= 11 is 0. The molecule has 0 amide bonds. The number of rotatable bonds is 9. The van der Waals surface area contributed by atoms with E-state index < -0.39 is 5.97 Å². The molecule has 16 heavy (non-hydrogen) atoms. The normalized spacial score (nSPS) is 11.2. The van der Waals surface area contributed by atoms with Gasteiger partial charge in [0.25, 0.3) is 0 Å². The van der Waals surface area contributed by atoms with Crippen molar-refractivity contribution >= 4 is 12.3 Å². The van der Waals surface area contributed by atoms with Crippen LogP contribution in [0.1, 0.15) is 45.4 Å². The minimum absolute atomic E-state index is 0.118. The third kappa shape index (κ3) is 6.98. The van der Waals surface area contributed by atoms with Crippen LogP contribution in [0.25, 0.3) is 0 Å². The molecule has 0 aliphatic carbocycles. The summed E-state index contributed by atoms with van der Waals surface area (Å²) in [6, 6.07) is 0. The molecule has 0 aliphatic heterocycles. The third-order valence-electron chi connectivity index (χ3n) is 2.38. The molecule has 0 saturated carbocycles. The molecule has 0 spiro atoms. The van der Waals surface area contributed by atoms with E-state index >= 15 is 0 Å². The van der Waals surface area contributed by atoms with Crippen molar-refractivity contribution in [2.45, 2.75) is 45.4 Å². The highest BCUT2D eigenvalue weighted by molar-refractivity contribution is 5.86. The van der Waals surface area contributed by atoms with E-state index in [0.29, 0.717) is 5.57 Å². The van der Waals surface area contributed by atoms with Gasteiger partial charge in [0.15, 0.2) is 0 Å². The topological polar surface area (TPSA) is 54.4 Å². The van der Waals surface area contributed by atoms with E-state index in [1.165, 1.54) is 6.42 Å². The van der Waals surface area contributed by atoms with Crippen LogP contribution in [-0.4, -0.2) is 17.4 Å². The lowest BCUT2D eigenvalue weighted by atomic mass is 10.1. The largest absolute Gasteiger partial charge is 0.478 e. The Balaban J connectivity index is 3.97. The van der Waals surface area contributed by atoms with Crippen molar-refractivity contribution in [2.75, 3.05) is 0 Å². The summed E-state index contributed by atoms with van der Waals surface area (Å²) in [5, 5.41) is 8.60. The number of hydrogen-bond acceptors (Lipinski definition) is 2. The molecule has 0 aromatic heterocycles. The first-order valence-corrected chi connectivity index (χ1v) is 5.67. The summed E-state index contributed by atoms with van der Waals surface area (Å²) in [6.45, 7) is 5.54. The summed E-state index contributed by atoms with van der Waals surface area (Å²) in [6.07, 6.45) is 7.88. The van der Waals surface area contributed by atoms with Crippen molar-refractivity contribution in [2.24, 2.45) is 0 Å². The maximum absolute atomic E-state index is 10.7. The Morgan fingerprint density at radius 2 is 2.00 bits per heavy atom. The summed E-state index contributed by atoms with van der Waals surface area (Å²) in [5.74, 6) is -1.01. The van der Waals surface area contributed by atoms with Crippen LogP contribution in [0, 0.1) is 0 Å². The molecular weight excluding hydrogens is 204 g/mol. The zero-order valence-corrected chi connectivity index (χ0v) is 9.87. The highest BCUT2D eigenvalue weighted by Crippen LogP contribution is 2.11. The number of allylic oxidation sites excluding steroid dienone is 2. The van der Waals surface area contributed by atoms with Crippen LogP contribution >= 0.6 is 0 Å². The van der Waals surface area contributed by atoms with Gasteiger partial charge in [-0.1, -0.05) is 38.8 Å². The second-order valence-corrected chi connectivity index (χ2v) is 3.82. The van der Waals surface area contributed by atoms with E-state index in [1.54, 1.807) is 6.08 Å². The maximum atomic E-state index is 10.7. The molecule has 1 N–H and O–H groups in total. The van der Waals surface area contributed by atoms with Crippen LogP contribution < -0.4 is 0 Å². The number of carbonyl (C=O) groups excluding carboxylic acids is 1. The van der Waals surface area contributed by atoms with Crippen LogP contribution in [0.3, 0.4) is 0 Å². The zero-order chi connectivity index (χ0) is 12.4. The van der Waals surface area contributed by atoms with Crippen LogP contribution in [-0.2, 0) is 9.59 Å². The Bertz CT molecular complexity index is 277. The lowest BCUT2D eigenvalue weighted by Gasteiger charge is -2.00. The van der Waals surface area contributed by atoms with Gasteiger partial charge in [0.1, 0.15) is 6.29 Å². The van der Waals surface area contributed by atoms with Crippen molar-refractivity contribution in [1.29, 1.82) is 0 Å². The Hall–Kier alpha value is -1.38. The van der Waals surface area contributed by atoms with E-state index in [1.807, 2.05) is 0 Å². The van der Waals surface area contributed by atoms with E-state index in [-0.39, 0.29) is 12.0 Å². The van der Waals surface area contributed by atoms with Gasteiger partial charge in [0.05, 0.1) is 0 Å². The fourth-order valence-electron chi connectivity index (χ4n) is 1.31. The van der Waals surface area contributed by atoms with Crippen LogP contribution in [0.2, 0.25) is 0 Å². The SMILES string of the molecule is C=C(CC=C(C=O)CCCCCC)C(=O)O. The van der Waals surface area contributed by atoms with Gasteiger partial charge in [-0.25, -0.2) is 4.79 Å². The molecule has 0 saturated heterocycles. The molecule has 3 heteroatoms. The summed E-state index contributed by atoms with van der Waals surface area (Å²) in [7, 11) is 0. The number of aliphatic carboxylic acids is 1. The van der Waals surface area contributed by atoms with E-state index in [9.17, 15) is 9.59 Å². The van der Waals surface area contributed by atoms with E-state index in [4.69, 9.17) is 5.11 Å². The number of carboxylic acids is 1. The maximum Gasteiger partial charge on any atom is 0.331 e. The van der Waals surface area contributed by atoms with Crippen LogP contribution in [0.15, 0.2) is 23.8 Å². The standard InChI is InChI=1S/C13H20O3/c1-3-4-5-6-7-12(10-14)9-8-11(2)13(15)16/h9-10H,2-8H2,1H3,(H,15,16). The average Bonchev–Trinajstić information content (AvgIpc) is 2.27. The van der Waals surface area contributed by atoms with Crippen molar-refractivity contribution in [1.82, 2.24) is 0 Å². The smallest absolute Gasteiger partial charge is 0.331 e. The minimum Gasteiger partial charge on any atom is -0.478 e. The number of carbonyl (C=O) groups is 2. The van der Waals surface area contributed by atoms with Crippen molar-refractivity contribution in [3.63, 3.8) is 0 Å². The highest BCUT2D eigenvalue weighted by atomic mass is 16.4. The minimum atomic E-state index is -1.01. The highest BCUT2D eigenvalue weighted by Gasteiger charge is 2.02. The Labute approximate surface area is 96.9 Å². The van der Waals surface area contributed by atoms with Gasteiger partial charge in [-0.3, -0.25) is 4.79 Å². The molecule has 0 fully saturated rings. The first-order valence-electron chi connectivity index (χ1n) is 5.67. The molecule has 0 unspecified atom stereocenters. The van der Waals surface area contributed by atoms with Gasteiger partial charge < -0.3 is 5.11 Å². The first kappa shape index (κ1) is 14.6. The lowest BCUT2D eigenvalue weighted by molar-refractivity contribution is -0.132. The van der Waals surface area contributed by atoms with Gasteiger partial charge in [0.2, 0.25) is 0 Å². The molecule has 0 aromatic carbocycles. The molecule has 0 bridgehead atoms. The molecule has 0 aliphatic rings. The second-order valence-electron chi connectivity index (χ2n) is 3.82. The Morgan fingerprint density at radius 3 is 2.50 bits per heavy atom. The predicted octanol–water partition coefficient (Wildman–Crippen LogP) is 3.11. The number of hydrogen-bond donors (Lipinski definition) is 1. The Kier molecular flexibility index (Phi) is 8.12. The van der Waals surface area contributed by atoms with Gasteiger partial charge in [-0.2, -0.15) is 0 Å². The second kappa shape index (κ2) is 8.89. The fourth-order valence-corrected chi connectivity index (χ4v) is 1.31. The Morgan fingerprint density at radius 1 is 1.31 bits per heavy atom. The molecule has 3 nitrogen and oxygen atoms in total. The first-order chi connectivity index (χ1) is 7.61. The van der Waals surface area contributed by atoms with Crippen LogP contribution in [0.4, 0.5) is 0 Å². The van der Waals surface area contributed by atoms with Gasteiger partial charge in [-0.15, -0.1) is 0 Å². The number of unbranched alkanes of at least 4 members (excludes halogenated alkanes) is 3. The summed E-state index contributed by atoms with van der Waals surface area (Å²) in [5.41, 5.74) is 0.798. The van der Waals surface area contributed by atoms with Gasteiger partial charge in [-0.05, 0) is 24.8 Å². The van der Waals surface area contributed by atoms with Gasteiger partial charge >= 0.3 is 5.97 Å². The van der Waals surface area contributed by atoms with Gasteiger partial charge in [0, 0.05) is 5.57 Å². The molecule has 0 heterocycles. The quantitative estimate of drug-likeness (QED) is 0.372. The fraction of sp³-hybridized carbons (Fsp3) is 0.538. The van der Waals surface area contributed by atoms with Crippen molar-refractivity contribution < 1.29 is 14.7 Å². The third-order valence-corrected chi connectivity index (χ3v) is 2.38.